The van der Waals surface area contributed by atoms with Gasteiger partial charge in [0, 0.05) is 5.92 Å². The van der Waals surface area contributed by atoms with Crippen LogP contribution in [0.2, 0.25) is 0 Å². The molecule has 0 spiro atoms. The number of carboxylic acid groups (broad SMARTS) is 1. The van der Waals surface area contributed by atoms with Crippen molar-refractivity contribution in [1.82, 2.24) is 0 Å². The summed E-state index contributed by atoms with van der Waals surface area (Å²) in [5.41, 5.74) is 4.40. The number of fused-ring (bicyclic) bond motifs is 1. The number of hydrogen-bond donors (Lipinski definition) is 1. The Morgan fingerprint density at radius 2 is 1.96 bits per heavy atom. The monoisotopic (exact) mass is 358 g/mol. The summed E-state index contributed by atoms with van der Waals surface area (Å²) in [4.78, 5) is 12.0. The average molecular weight is 358 g/mol. The second-order valence-electron chi connectivity index (χ2n) is 6.38. The molecule has 0 fully saturated rings. The number of hydrogen-bond acceptors (Lipinski definition) is 2. The standard InChI is InChI=1S/C20H19FO3S/c1-12-7-14-9-16(21)10-15(20(14)18(12)11-19(22)23)8-13-3-5-17(6-4-13)25(2)24/h3-7,9-10,18H,8,11H2,1-2H3,(H,22,23). The second kappa shape index (κ2) is 7.02. The van der Waals surface area contributed by atoms with E-state index in [1.54, 1.807) is 6.26 Å². The predicted octanol–water partition coefficient (Wildman–Crippen LogP) is 4.13. The largest absolute Gasteiger partial charge is 0.612 e. The number of halogens is 1. The maximum absolute atomic E-state index is 14.0. The molecule has 2 aromatic carbocycles. The Morgan fingerprint density at radius 3 is 2.56 bits per heavy atom. The van der Waals surface area contributed by atoms with Crippen LogP contribution in [0.3, 0.4) is 0 Å². The zero-order chi connectivity index (χ0) is 18.1. The van der Waals surface area contributed by atoms with Crippen molar-refractivity contribution < 1.29 is 18.8 Å². The maximum atomic E-state index is 14.0. The average Bonchev–Trinajstić information content (AvgIpc) is 2.82. The molecule has 0 saturated carbocycles. The zero-order valence-electron chi connectivity index (χ0n) is 14.1. The molecule has 3 rings (SSSR count). The van der Waals surface area contributed by atoms with Gasteiger partial charge in [-0.1, -0.05) is 23.8 Å². The number of allylic oxidation sites excluding steroid dienone is 1. The molecule has 0 radical (unpaired) electrons. The number of aliphatic carboxylic acids is 1. The predicted molar refractivity (Wildman–Crippen MR) is 96.6 cm³/mol. The highest BCUT2D eigenvalue weighted by atomic mass is 32.2. The van der Waals surface area contributed by atoms with Gasteiger partial charge in [0.25, 0.3) is 0 Å². The first-order valence-corrected chi connectivity index (χ1v) is 9.55. The van der Waals surface area contributed by atoms with Crippen LogP contribution in [0.15, 0.2) is 46.9 Å². The molecule has 0 bridgehead atoms. The van der Waals surface area contributed by atoms with Crippen molar-refractivity contribution >= 4 is 23.2 Å². The third kappa shape index (κ3) is 3.78. The van der Waals surface area contributed by atoms with Crippen LogP contribution in [0.25, 0.3) is 6.08 Å². The van der Waals surface area contributed by atoms with Gasteiger partial charge in [-0.15, -0.1) is 0 Å². The zero-order valence-corrected chi connectivity index (χ0v) is 14.9. The molecule has 1 N–H and O–H groups in total. The smallest absolute Gasteiger partial charge is 0.304 e. The van der Waals surface area contributed by atoms with Crippen LogP contribution in [0.5, 0.6) is 0 Å². The first kappa shape index (κ1) is 17.7. The Balaban J connectivity index is 1.96. The molecule has 0 aliphatic heterocycles. The first-order valence-electron chi connectivity index (χ1n) is 8.00. The van der Waals surface area contributed by atoms with E-state index in [-0.39, 0.29) is 18.2 Å². The van der Waals surface area contributed by atoms with Crippen molar-refractivity contribution in [3.8, 4) is 0 Å². The van der Waals surface area contributed by atoms with Gasteiger partial charge in [0.1, 0.15) is 12.1 Å². The van der Waals surface area contributed by atoms with Gasteiger partial charge < -0.3 is 9.66 Å². The molecule has 130 valence electrons. The van der Waals surface area contributed by atoms with E-state index in [1.165, 1.54) is 12.1 Å². The van der Waals surface area contributed by atoms with Crippen LogP contribution < -0.4 is 0 Å². The minimum atomic E-state index is -1.04. The normalized spacial score (nSPS) is 17.1. The lowest BCUT2D eigenvalue weighted by atomic mass is 9.87. The van der Waals surface area contributed by atoms with Gasteiger partial charge in [-0.3, -0.25) is 4.79 Å². The highest BCUT2D eigenvalue weighted by Gasteiger charge is 2.28. The second-order valence-corrected chi connectivity index (χ2v) is 7.76. The molecule has 0 aromatic heterocycles. The quantitative estimate of drug-likeness (QED) is 0.818. The molecule has 0 heterocycles. The lowest BCUT2D eigenvalue weighted by Crippen LogP contribution is -2.09. The molecule has 0 saturated heterocycles. The van der Waals surface area contributed by atoms with E-state index in [9.17, 15) is 18.8 Å². The Hall–Kier alpha value is -2.11. The van der Waals surface area contributed by atoms with E-state index in [0.717, 1.165) is 32.7 Å². The highest BCUT2D eigenvalue weighted by Crippen LogP contribution is 2.41. The van der Waals surface area contributed by atoms with Crippen molar-refractivity contribution in [2.45, 2.75) is 30.6 Å². The van der Waals surface area contributed by atoms with E-state index in [1.807, 2.05) is 37.3 Å². The Morgan fingerprint density at radius 1 is 1.28 bits per heavy atom. The molecule has 2 aromatic rings. The van der Waals surface area contributed by atoms with E-state index >= 15 is 0 Å². The third-order valence-corrected chi connectivity index (χ3v) is 5.51. The van der Waals surface area contributed by atoms with Crippen molar-refractivity contribution in [2.24, 2.45) is 0 Å². The summed E-state index contributed by atoms with van der Waals surface area (Å²) in [5.74, 6) is -1.40. The minimum Gasteiger partial charge on any atom is -0.612 e. The summed E-state index contributed by atoms with van der Waals surface area (Å²) >= 11 is -1.04. The summed E-state index contributed by atoms with van der Waals surface area (Å²) in [6.07, 6.45) is 4.01. The van der Waals surface area contributed by atoms with Gasteiger partial charge in [0.15, 0.2) is 4.90 Å². The fraction of sp³-hybridized carbons (Fsp3) is 0.250. The van der Waals surface area contributed by atoms with Crippen molar-refractivity contribution in [2.75, 3.05) is 6.26 Å². The van der Waals surface area contributed by atoms with Crippen LogP contribution in [0, 0.1) is 5.82 Å². The molecule has 5 heteroatoms. The molecular weight excluding hydrogens is 339 g/mol. The number of carbonyl (C=O) groups is 1. The van der Waals surface area contributed by atoms with E-state index in [2.05, 4.69) is 0 Å². The van der Waals surface area contributed by atoms with Gasteiger partial charge in [-0.2, -0.15) is 0 Å². The summed E-state index contributed by atoms with van der Waals surface area (Å²) < 4.78 is 25.5. The topological polar surface area (TPSA) is 60.4 Å². The first-order chi connectivity index (χ1) is 11.8. The number of rotatable bonds is 5. The number of carboxylic acids is 1. The van der Waals surface area contributed by atoms with Crippen molar-refractivity contribution in [3.63, 3.8) is 0 Å². The van der Waals surface area contributed by atoms with Crippen LogP contribution in [0.1, 0.15) is 41.5 Å². The Labute approximate surface area is 149 Å². The lowest BCUT2D eigenvalue weighted by Gasteiger charge is -2.17. The molecule has 3 nitrogen and oxygen atoms in total. The molecule has 1 aliphatic carbocycles. The molecule has 1 aliphatic rings. The molecular formula is C20H19FO3S. The Kier molecular flexibility index (Phi) is 4.97. The SMILES string of the molecule is CC1=Cc2cc(F)cc(Cc3ccc([S+](C)[O-])cc3)c2C1CC(=O)O. The summed E-state index contributed by atoms with van der Waals surface area (Å²) in [6.45, 7) is 1.89. The lowest BCUT2D eigenvalue weighted by molar-refractivity contribution is -0.137. The fourth-order valence-corrected chi connectivity index (χ4v) is 3.94. The van der Waals surface area contributed by atoms with Crippen molar-refractivity contribution in [3.05, 3.63) is 70.0 Å². The van der Waals surface area contributed by atoms with E-state index < -0.39 is 17.1 Å². The summed E-state index contributed by atoms with van der Waals surface area (Å²) in [5, 5.41) is 9.20. The van der Waals surface area contributed by atoms with Crippen molar-refractivity contribution in [1.29, 1.82) is 0 Å². The molecule has 0 amide bonds. The summed E-state index contributed by atoms with van der Waals surface area (Å²) in [6, 6.07) is 10.3. The molecule has 25 heavy (non-hydrogen) atoms. The van der Waals surface area contributed by atoms with Crippen LogP contribution in [0.4, 0.5) is 4.39 Å². The number of benzene rings is 2. The Bertz CT molecular complexity index is 841. The minimum absolute atomic E-state index is 0.00171. The summed E-state index contributed by atoms with van der Waals surface area (Å²) in [7, 11) is 0. The van der Waals surface area contributed by atoms with Gasteiger partial charge in [0.05, 0.1) is 6.42 Å². The molecule has 2 unspecified atom stereocenters. The third-order valence-electron chi connectivity index (χ3n) is 4.57. The van der Waals surface area contributed by atoms with E-state index in [0.29, 0.717) is 6.42 Å². The van der Waals surface area contributed by atoms with Gasteiger partial charge in [-0.05, 0) is 71.0 Å². The van der Waals surface area contributed by atoms with Gasteiger partial charge in [-0.25, -0.2) is 4.39 Å². The van der Waals surface area contributed by atoms with Crippen LogP contribution in [-0.2, 0) is 22.4 Å². The molecule has 2 atom stereocenters. The highest BCUT2D eigenvalue weighted by molar-refractivity contribution is 7.90. The van der Waals surface area contributed by atoms with Gasteiger partial charge >= 0.3 is 5.97 Å². The van der Waals surface area contributed by atoms with Gasteiger partial charge in [0.2, 0.25) is 0 Å². The van der Waals surface area contributed by atoms with Crippen LogP contribution in [-0.4, -0.2) is 21.9 Å². The maximum Gasteiger partial charge on any atom is 0.304 e. The van der Waals surface area contributed by atoms with E-state index in [4.69, 9.17) is 0 Å². The fourth-order valence-electron chi connectivity index (χ4n) is 3.42. The van der Waals surface area contributed by atoms with Crippen LogP contribution >= 0.6 is 0 Å².